The Morgan fingerprint density at radius 3 is 2.63 bits per heavy atom. The Morgan fingerprint density at radius 1 is 1.07 bits per heavy atom. The lowest BCUT2D eigenvalue weighted by atomic mass is 9.99. The molecule has 0 saturated carbocycles. The van der Waals surface area contributed by atoms with Crippen molar-refractivity contribution in [3.63, 3.8) is 0 Å². The second-order valence-corrected chi connectivity index (χ2v) is 6.83. The van der Waals surface area contributed by atoms with Crippen molar-refractivity contribution < 1.29 is 13.9 Å². The lowest BCUT2D eigenvalue weighted by molar-refractivity contribution is 0.0527. The molecule has 0 aliphatic rings. The number of alkyl halides is 1. The molecule has 5 heteroatoms. The molecule has 4 nitrogen and oxygen atoms in total. The van der Waals surface area contributed by atoms with Gasteiger partial charge in [0.1, 0.15) is 12.5 Å². The molecule has 0 spiro atoms. The van der Waals surface area contributed by atoms with E-state index in [0.717, 1.165) is 33.5 Å². The number of halogens is 1. The van der Waals surface area contributed by atoms with Gasteiger partial charge in [-0.3, -0.25) is 0 Å². The van der Waals surface area contributed by atoms with Gasteiger partial charge in [-0.2, -0.15) is 0 Å². The SMILES string of the molecule is CCOC(=O)c1ccccc1-c1ccc2nc(/C=C/c3ccc(CF)cc3)[nH]c2c1. The fourth-order valence-electron chi connectivity index (χ4n) is 3.29. The minimum Gasteiger partial charge on any atom is -0.462 e. The van der Waals surface area contributed by atoms with Crippen LogP contribution in [0.15, 0.2) is 66.7 Å². The van der Waals surface area contributed by atoms with Gasteiger partial charge < -0.3 is 9.72 Å². The molecule has 0 saturated heterocycles. The van der Waals surface area contributed by atoms with Crippen LogP contribution >= 0.6 is 0 Å². The predicted molar refractivity (Wildman–Crippen MR) is 118 cm³/mol. The van der Waals surface area contributed by atoms with E-state index >= 15 is 0 Å². The molecular weight excluding hydrogens is 379 g/mol. The Balaban J connectivity index is 1.63. The van der Waals surface area contributed by atoms with E-state index in [1.54, 1.807) is 25.1 Å². The highest BCUT2D eigenvalue weighted by molar-refractivity contribution is 5.98. The molecule has 0 amide bonds. The number of aromatic amines is 1. The van der Waals surface area contributed by atoms with Crippen LogP contribution in [0.3, 0.4) is 0 Å². The smallest absolute Gasteiger partial charge is 0.338 e. The van der Waals surface area contributed by atoms with Gasteiger partial charge in [0.05, 0.1) is 23.2 Å². The minimum atomic E-state index is -0.463. The van der Waals surface area contributed by atoms with Crippen molar-refractivity contribution in [3.8, 4) is 11.1 Å². The Kier molecular flexibility index (Phi) is 5.70. The second-order valence-electron chi connectivity index (χ2n) is 6.83. The van der Waals surface area contributed by atoms with E-state index in [2.05, 4.69) is 9.97 Å². The van der Waals surface area contributed by atoms with Gasteiger partial charge >= 0.3 is 5.97 Å². The van der Waals surface area contributed by atoms with Gasteiger partial charge in [0, 0.05) is 0 Å². The van der Waals surface area contributed by atoms with Crippen LogP contribution in [0.25, 0.3) is 34.3 Å². The van der Waals surface area contributed by atoms with Gasteiger partial charge in [0.25, 0.3) is 0 Å². The van der Waals surface area contributed by atoms with Gasteiger partial charge in [0.15, 0.2) is 0 Å². The summed E-state index contributed by atoms with van der Waals surface area (Å²) in [6.07, 6.45) is 3.81. The summed E-state index contributed by atoms with van der Waals surface area (Å²) < 4.78 is 17.8. The lowest BCUT2D eigenvalue weighted by Gasteiger charge is -2.09. The van der Waals surface area contributed by atoms with Gasteiger partial charge in [-0.1, -0.05) is 54.6 Å². The molecule has 150 valence electrons. The Hall–Kier alpha value is -3.73. The summed E-state index contributed by atoms with van der Waals surface area (Å²) in [5.74, 6) is 0.385. The van der Waals surface area contributed by atoms with Crippen molar-refractivity contribution in [2.24, 2.45) is 0 Å². The maximum atomic E-state index is 12.6. The first kappa shape index (κ1) is 19.6. The fraction of sp³-hybridized carbons (Fsp3) is 0.120. The molecule has 0 radical (unpaired) electrons. The average Bonchev–Trinajstić information content (AvgIpc) is 3.20. The number of benzene rings is 3. The second kappa shape index (κ2) is 8.74. The summed E-state index contributed by atoms with van der Waals surface area (Å²) in [4.78, 5) is 20.2. The topological polar surface area (TPSA) is 55.0 Å². The summed E-state index contributed by atoms with van der Waals surface area (Å²) in [6.45, 7) is 1.66. The largest absolute Gasteiger partial charge is 0.462 e. The van der Waals surface area contributed by atoms with Crippen LogP contribution in [0.5, 0.6) is 0 Å². The van der Waals surface area contributed by atoms with Crippen molar-refractivity contribution in [2.75, 3.05) is 6.61 Å². The highest BCUT2D eigenvalue weighted by atomic mass is 19.1. The highest BCUT2D eigenvalue weighted by Gasteiger charge is 2.14. The number of carbonyl (C=O) groups is 1. The number of fused-ring (bicyclic) bond motifs is 1. The standard InChI is InChI=1S/C25H21FN2O2/c1-2-30-25(29)21-6-4-3-5-20(21)19-12-13-22-23(15-19)28-24(27-22)14-11-17-7-9-18(16-26)10-8-17/h3-15H,2,16H2,1H3,(H,27,28)/b14-11+. The van der Waals surface area contributed by atoms with Crippen molar-refractivity contribution >= 4 is 29.2 Å². The van der Waals surface area contributed by atoms with Crippen molar-refractivity contribution in [3.05, 3.63) is 89.2 Å². The Labute approximate surface area is 174 Å². The number of imidazole rings is 1. The van der Waals surface area contributed by atoms with Crippen LogP contribution in [0.1, 0.15) is 34.2 Å². The number of nitrogens with zero attached hydrogens (tertiary/aromatic N) is 1. The highest BCUT2D eigenvalue weighted by Crippen LogP contribution is 2.27. The van der Waals surface area contributed by atoms with Crippen molar-refractivity contribution in [1.82, 2.24) is 9.97 Å². The third-order valence-electron chi connectivity index (χ3n) is 4.80. The summed E-state index contributed by atoms with van der Waals surface area (Å²) in [5, 5.41) is 0. The first-order valence-corrected chi connectivity index (χ1v) is 9.77. The molecule has 4 rings (SSSR count). The first-order valence-electron chi connectivity index (χ1n) is 9.77. The minimum absolute atomic E-state index is 0.332. The lowest BCUT2D eigenvalue weighted by Crippen LogP contribution is -2.06. The monoisotopic (exact) mass is 400 g/mol. The summed E-state index contributed by atoms with van der Waals surface area (Å²) in [5.41, 5.74) is 5.60. The van der Waals surface area contributed by atoms with Crippen LogP contribution < -0.4 is 0 Å². The number of hydrogen-bond acceptors (Lipinski definition) is 3. The quantitative estimate of drug-likeness (QED) is 0.401. The molecule has 3 aromatic carbocycles. The molecule has 0 aliphatic heterocycles. The Morgan fingerprint density at radius 2 is 1.87 bits per heavy atom. The number of rotatable bonds is 6. The third kappa shape index (κ3) is 4.15. The molecule has 0 aliphatic carbocycles. The molecule has 1 aromatic heterocycles. The maximum Gasteiger partial charge on any atom is 0.338 e. The molecule has 30 heavy (non-hydrogen) atoms. The van der Waals surface area contributed by atoms with E-state index in [4.69, 9.17) is 4.74 Å². The summed E-state index contributed by atoms with van der Waals surface area (Å²) >= 11 is 0. The normalized spacial score (nSPS) is 11.3. The van der Waals surface area contributed by atoms with Crippen LogP contribution in [0, 0.1) is 0 Å². The van der Waals surface area contributed by atoms with Crippen molar-refractivity contribution in [2.45, 2.75) is 13.6 Å². The predicted octanol–water partition coefficient (Wildman–Crippen LogP) is 6.05. The molecular formula is C25H21FN2O2. The average molecular weight is 400 g/mol. The molecule has 1 heterocycles. The first-order chi connectivity index (χ1) is 14.7. The van der Waals surface area contributed by atoms with Crippen LogP contribution in [-0.4, -0.2) is 22.5 Å². The third-order valence-corrected chi connectivity index (χ3v) is 4.80. The van der Waals surface area contributed by atoms with Gasteiger partial charge in [0.2, 0.25) is 0 Å². The summed E-state index contributed by atoms with van der Waals surface area (Å²) in [6, 6.07) is 20.5. The van der Waals surface area contributed by atoms with E-state index in [-0.39, 0.29) is 5.97 Å². The zero-order valence-electron chi connectivity index (χ0n) is 16.6. The van der Waals surface area contributed by atoms with Crippen molar-refractivity contribution in [1.29, 1.82) is 0 Å². The number of carbonyl (C=O) groups excluding carboxylic acids is 1. The number of aromatic nitrogens is 2. The number of nitrogens with one attached hydrogen (secondary N) is 1. The molecule has 0 bridgehead atoms. The zero-order chi connectivity index (χ0) is 20.9. The van der Waals surface area contributed by atoms with E-state index in [9.17, 15) is 9.18 Å². The number of ether oxygens (including phenoxy) is 1. The fourth-order valence-corrected chi connectivity index (χ4v) is 3.29. The van der Waals surface area contributed by atoms with E-state index < -0.39 is 6.67 Å². The zero-order valence-corrected chi connectivity index (χ0v) is 16.6. The van der Waals surface area contributed by atoms with E-state index in [1.165, 1.54) is 0 Å². The van der Waals surface area contributed by atoms with E-state index in [1.807, 2.05) is 60.7 Å². The van der Waals surface area contributed by atoms with Crippen LogP contribution in [0.2, 0.25) is 0 Å². The van der Waals surface area contributed by atoms with Gasteiger partial charge in [-0.05, 0) is 53.5 Å². The molecule has 0 fully saturated rings. The molecule has 1 N–H and O–H groups in total. The van der Waals surface area contributed by atoms with Gasteiger partial charge in [-0.25, -0.2) is 14.2 Å². The van der Waals surface area contributed by atoms with E-state index in [0.29, 0.717) is 17.7 Å². The van der Waals surface area contributed by atoms with Gasteiger partial charge in [-0.15, -0.1) is 0 Å². The van der Waals surface area contributed by atoms with Crippen LogP contribution in [-0.2, 0) is 11.4 Å². The Bertz CT molecular complexity index is 1210. The molecule has 4 aromatic rings. The molecule has 0 unspecified atom stereocenters. The number of hydrogen-bond donors (Lipinski definition) is 1. The maximum absolute atomic E-state index is 12.6. The van der Waals surface area contributed by atoms with Crippen LogP contribution in [0.4, 0.5) is 4.39 Å². The number of esters is 1. The number of H-pyrrole nitrogens is 1. The summed E-state index contributed by atoms with van der Waals surface area (Å²) in [7, 11) is 0. The molecule has 0 atom stereocenters.